The second-order valence-corrected chi connectivity index (χ2v) is 4.41. The first-order valence-electron chi connectivity index (χ1n) is 6.36. The number of hydrogen-bond acceptors (Lipinski definition) is 3. The SMILES string of the molecule is CCN(CCn1cccn1)Cc1cc(F)ccc1O. The topological polar surface area (TPSA) is 41.3 Å². The van der Waals surface area contributed by atoms with E-state index in [0.717, 1.165) is 19.6 Å². The molecule has 1 aromatic heterocycles. The minimum Gasteiger partial charge on any atom is -0.508 e. The smallest absolute Gasteiger partial charge is 0.123 e. The molecule has 0 saturated heterocycles. The van der Waals surface area contributed by atoms with Crippen LogP contribution in [0.3, 0.4) is 0 Å². The lowest BCUT2D eigenvalue weighted by Gasteiger charge is -2.21. The standard InChI is InChI=1S/C14H18FN3O/c1-2-17(8-9-18-7-3-6-16-18)11-12-10-13(15)4-5-14(12)19/h3-7,10,19H,2,8-9,11H2,1H3. The minimum atomic E-state index is -0.323. The zero-order chi connectivity index (χ0) is 13.7. The fraction of sp³-hybridized carbons (Fsp3) is 0.357. The molecule has 0 atom stereocenters. The van der Waals surface area contributed by atoms with Crippen LogP contribution in [-0.4, -0.2) is 32.9 Å². The Hall–Kier alpha value is -1.88. The van der Waals surface area contributed by atoms with E-state index in [2.05, 4.69) is 10.00 Å². The third-order valence-electron chi connectivity index (χ3n) is 3.09. The first kappa shape index (κ1) is 13.5. The molecule has 5 heteroatoms. The Labute approximate surface area is 112 Å². The Kier molecular flexibility index (Phi) is 4.52. The Morgan fingerprint density at radius 2 is 2.26 bits per heavy atom. The van der Waals surface area contributed by atoms with Crippen LogP contribution in [0.5, 0.6) is 5.75 Å². The molecule has 102 valence electrons. The van der Waals surface area contributed by atoms with Crippen LogP contribution in [0.2, 0.25) is 0 Å². The van der Waals surface area contributed by atoms with Crippen molar-refractivity contribution in [2.45, 2.75) is 20.0 Å². The Balaban J connectivity index is 1.96. The van der Waals surface area contributed by atoms with E-state index in [0.29, 0.717) is 12.1 Å². The highest BCUT2D eigenvalue weighted by Crippen LogP contribution is 2.19. The van der Waals surface area contributed by atoms with Crippen molar-refractivity contribution < 1.29 is 9.50 Å². The van der Waals surface area contributed by atoms with Crippen molar-refractivity contribution in [2.75, 3.05) is 13.1 Å². The van der Waals surface area contributed by atoms with E-state index in [1.165, 1.54) is 18.2 Å². The summed E-state index contributed by atoms with van der Waals surface area (Å²) in [6.07, 6.45) is 3.65. The van der Waals surface area contributed by atoms with Crippen LogP contribution in [-0.2, 0) is 13.1 Å². The predicted octanol–water partition coefficient (Wildman–Crippen LogP) is 2.25. The van der Waals surface area contributed by atoms with Crippen molar-refractivity contribution in [1.29, 1.82) is 0 Å². The highest BCUT2D eigenvalue weighted by molar-refractivity contribution is 5.32. The van der Waals surface area contributed by atoms with Crippen molar-refractivity contribution in [3.63, 3.8) is 0 Å². The van der Waals surface area contributed by atoms with Crippen molar-refractivity contribution in [1.82, 2.24) is 14.7 Å². The monoisotopic (exact) mass is 263 g/mol. The fourth-order valence-electron chi connectivity index (χ4n) is 1.95. The van der Waals surface area contributed by atoms with Gasteiger partial charge in [0.05, 0.1) is 6.54 Å². The number of phenols is 1. The molecule has 0 bridgehead atoms. The Morgan fingerprint density at radius 3 is 2.95 bits per heavy atom. The molecule has 0 aliphatic rings. The lowest BCUT2D eigenvalue weighted by Crippen LogP contribution is -2.27. The highest BCUT2D eigenvalue weighted by Gasteiger charge is 2.08. The van der Waals surface area contributed by atoms with Gasteiger partial charge in [0.25, 0.3) is 0 Å². The Bertz CT molecular complexity index is 513. The zero-order valence-corrected chi connectivity index (χ0v) is 11.0. The van der Waals surface area contributed by atoms with Crippen molar-refractivity contribution in [3.05, 3.63) is 48.0 Å². The normalized spacial score (nSPS) is 11.1. The molecule has 2 rings (SSSR count). The summed E-state index contributed by atoms with van der Waals surface area (Å²) < 4.78 is 15.0. The predicted molar refractivity (Wildman–Crippen MR) is 71.2 cm³/mol. The van der Waals surface area contributed by atoms with Crippen LogP contribution >= 0.6 is 0 Å². The van der Waals surface area contributed by atoms with Gasteiger partial charge in [-0.15, -0.1) is 0 Å². The molecule has 1 N–H and O–H groups in total. The molecule has 2 aromatic rings. The maximum absolute atomic E-state index is 13.2. The number of phenolic OH excluding ortho intramolecular Hbond substituents is 1. The lowest BCUT2D eigenvalue weighted by atomic mass is 10.2. The van der Waals surface area contributed by atoms with E-state index < -0.39 is 0 Å². The third-order valence-corrected chi connectivity index (χ3v) is 3.09. The van der Waals surface area contributed by atoms with E-state index in [1.54, 1.807) is 6.20 Å². The van der Waals surface area contributed by atoms with Crippen LogP contribution < -0.4 is 0 Å². The van der Waals surface area contributed by atoms with Gasteiger partial charge in [-0.2, -0.15) is 5.10 Å². The van der Waals surface area contributed by atoms with E-state index in [4.69, 9.17) is 0 Å². The van der Waals surface area contributed by atoms with Gasteiger partial charge in [0.2, 0.25) is 0 Å². The number of rotatable bonds is 6. The first-order chi connectivity index (χ1) is 9.19. The highest BCUT2D eigenvalue weighted by atomic mass is 19.1. The summed E-state index contributed by atoms with van der Waals surface area (Å²) in [5.41, 5.74) is 0.613. The molecule has 0 unspecified atom stereocenters. The third kappa shape index (κ3) is 3.79. The number of nitrogens with zero attached hydrogens (tertiary/aromatic N) is 3. The van der Waals surface area contributed by atoms with Gasteiger partial charge in [-0.05, 0) is 30.8 Å². The number of hydrogen-bond donors (Lipinski definition) is 1. The number of benzene rings is 1. The number of aromatic hydroxyl groups is 1. The molecule has 19 heavy (non-hydrogen) atoms. The fourth-order valence-corrected chi connectivity index (χ4v) is 1.95. The van der Waals surface area contributed by atoms with E-state index in [-0.39, 0.29) is 11.6 Å². The van der Waals surface area contributed by atoms with Gasteiger partial charge in [-0.25, -0.2) is 4.39 Å². The molecule has 0 radical (unpaired) electrons. The average Bonchev–Trinajstić information content (AvgIpc) is 2.91. The van der Waals surface area contributed by atoms with Crippen molar-refractivity contribution >= 4 is 0 Å². The summed E-state index contributed by atoms with van der Waals surface area (Å²) >= 11 is 0. The van der Waals surface area contributed by atoms with Crippen LogP contribution in [0.15, 0.2) is 36.7 Å². The molecule has 1 heterocycles. The molecule has 0 spiro atoms. The molecular formula is C14H18FN3O. The second kappa shape index (κ2) is 6.33. The van der Waals surface area contributed by atoms with Gasteiger partial charge in [0.15, 0.2) is 0 Å². The lowest BCUT2D eigenvalue weighted by molar-refractivity contribution is 0.259. The molecule has 1 aromatic carbocycles. The molecule has 0 fully saturated rings. The quantitative estimate of drug-likeness (QED) is 0.869. The minimum absolute atomic E-state index is 0.138. The molecular weight excluding hydrogens is 245 g/mol. The molecule has 0 aliphatic heterocycles. The van der Waals surface area contributed by atoms with Gasteiger partial charge in [0, 0.05) is 31.0 Å². The first-order valence-corrected chi connectivity index (χ1v) is 6.36. The van der Waals surface area contributed by atoms with Gasteiger partial charge in [-0.1, -0.05) is 6.92 Å². The largest absolute Gasteiger partial charge is 0.508 e. The van der Waals surface area contributed by atoms with Crippen molar-refractivity contribution in [2.24, 2.45) is 0 Å². The summed E-state index contributed by atoms with van der Waals surface area (Å²) in [7, 11) is 0. The van der Waals surface area contributed by atoms with Crippen LogP contribution in [0, 0.1) is 5.82 Å². The van der Waals surface area contributed by atoms with E-state index in [1.807, 2.05) is 23.9 Å². The molecule has 0 saturated carbocycles. The van der Waals surface area contributed by atoms with Crippen molar-refractivity contribution in [3.8, 4) is 5.75 Å². The maximum atomic E-state index is 13.2. The number of likely N-dealkylation sites (N-methyl/N-ethyl adjacent to an activating group) is 1. The molecule has 0 aliphatic carbocycles. The van der Waals surface area contributed by atoms with E-state index in [9.17, 15) is 9.50 Å². The van der Waals surface area contributed by atoms with Gasteiger partial charge in [-0.3, -0.25) is 9.58 Å². The zero-order valence-electron chi connectivity index (χ0n) is 11.0. The summed E-state index contributed by atoms with van der Waals surface area (Å²) in [5.74, 6) is -0.185. The molecule has 0 amide bonds. The molecule has 4 nitrogen and oxygen atoms in total. The number of halogens is 1. The second-order valence-electron chi connectivity index (χ2n) is 4.41. The van der Waals surface area contributed by atoms with Gasteiger partial charge >= 0.3 is 0 Å². The van der Waals surface area contributed by atoms with Gasteiger partial charge in [0.1, 0.15) is 11.6 Å². The summed E-state index contributed by atoms with van der Waals surface area (Å²) in [6, 6.07) is 5.92. The Morgan fingerprint density at radius 1 is 1.42 bits per heavy atom. The maximum Gasteiger partial charge on any atom is 0.123 e. The summed E-state index contributed by atoms with van der Waals surface area (Å²) in [5, 5.41) is 13.9. The van der Waals surface area contributed by atoms with Crippen LogP contribution in [0.25, 0.3) is 0 Å². The van der Waals surface area contributed by atoms with E-state index >= 15 is 0 Å². The summed E-state index contributed by atoms with van der Waals surface area (Å²) in [6.45, 7) is 4.98. The summed E-state index contributed by atoms with van der Waals surface area (Å²) in [4.78, 5) is 2.14. The average molecular weight is 263 g/mol. The van der Waals surface area contributed by atoms with Crippen LogP contribution in [0.4, 0.5) is 4.39 Å². The van der Waals surface area contributed by atoms with Crippen LogP contribution in [0.1, 0.15) is 12.5 Å². The number of aromatic nitrogens is 2. The van der Waals surface area contributed by atoms with Gasteiger partial charge < -0.3 is 5.11 Å².